The Hall–Kier alpha value is -2.58. The van der Waals surface area contributed by atoms with Crippen LogP contribution in [0.5, 0.6) is 0 Å². The highest BCUT2D eigenvalue weighted by atomic mass is 35.5. The van der Waals surface area contributed by atoms with E-state index in [1.54, 1.807) is 19.1 Å². The van der Waals surface area contributed by atoms with Crippen molar-refractivity contribution < 1.29 is 22.8 Å². The zero-order chi connectivity index (χ0) is 20.8. The Morgan fingerprint density at radius 3 is 2.39 bits per heavy atom. The van der Waals surface area contributed by atoms with Gasteiger partial charge in [0.05, 0.1) is 18.3 Å². The minimum absolute atomic E-state index is 0.223. The molecule has 0 aromatic heterocycles. The van der Waals surface area contributed by atoms with Crippen molar-refractivity contribution in [2.24, 2.45) is 0 Å². The van der Waals surface area contributed by atoms with Crippen LogP contribution in [0.1, 0.15) is 25.5 Å². The number of amides is 2. The van der Waals surface area contributed by atoms with Crippen molar-refractivity contribution in [2.75, 3.05) is 11.9 Å². The second-order valence-electron chi connectivity index (χ2n) is 6.12. The summed E-state index contributed by atoms with van der Waals surface area (Å²) in [6.07, 6.45) is 0. The smallest absolute Gasteiger partial charge is 0.243 e. The number of hydrogen-bond acceptors (Lipinski definition) is 3. The molecular formula is C19H19ClF3N3O2. The molecule has 0 bridgehead atoms. The van der Waals surface area contributed by atoms with E-state index >= 15 is 0 Å². The van der Waals surface area contributed by atoms with Gasteiger partial charge in [0.15, 0.2) is 17.5 Å². The number of benzene rings is 2. The van der Waals surface area contributed by atoms with Crippen LogP contribution in [0, 0.1) is 17.5 Å². The minimum Gasteiger partial charge on any atom is -0.346 e. The molecule has 5 nitrogen and oxygen atoms in total. The molecule has 0 spiro atoms. The van der Waals surface area contributed by atoms with Crippen molar-refractivity contribution in [2.45, 2.75) is 25.9 Å². The van der Waals surface area contributed by atoms with Crippen LogP contribution in [0.25, 0.3) is 0 Å². The van der Waals surface area contributed by atoms with E-state index in [9.17, 15) is 22.8 Å². The van der Waals surface area contributed by atoms with Gasteiger partial charge in [-0.15, -0.1) is 0 Å². The molecular weight excluding hydrogens is 395 g/mol. The third kappa shape index (κ3) is 5.46. The average molecular weight is 414 g/mol. The molecule has 2 amide bonds. The van der Waals surface area contributed by atoms with E-state index in [-0.39, 0.29) is 6.04 Å². The summed E-state index contributed by atoms with van der Waals surface area (Å²) in [4.78, 5) is 24.0. The molecule has 0 aliphatic heterocycles. The first kappa shape index (κ1) is 21.7. The highest BCUT2D eigenvalue weighted by molar-refractivity contribution is 6.31. The SMILES string of the molecule is C[C@H](N[C@H](C)c1ccccc1Cl)C(=O)NCC(=O)Nc1ccc(F)c(F)c1F. The molecule has 0 aliphatic rings. The van der Waals surface area contributed by atoms with Gasteiger partial charge in [-0.05, 0) is 37.6 Å². The van der Waals surface area contributed by atoms with Gasteiger partial charge >= 0.3 is 0 Å². The summed E-state index contributed by atoms with van der Waals surface area (Å²) in [6, 6.07) is 7.89. The van der Waals surface area contributed by atoms with Crippen LogP contribution in [0.15, 0.2) is 36.4 Å². The molecule has 28 heavy (non-hydrogen) atoms. The van der Waals surface area contributed by atoms with Gasteiger partial charge in [-0.2, -0.15) is 0 Å². The third-order valence-corrected chi connectivity index (χ3v) is 4.34. The number of carbonyl (C=O) groups is 2. The second-order valence-corrected chi connectivity index (χ2v) is 6.53. The van der Waals surface area contributed by atoms with Crippen LogP contribution in [-0.2, 0) is 9.59 Å². The Balaban J connectivity index is 1.86. The fourth-order valence-corrected chi connectivity index (χ4v) is 2.80. The molecule has 2 rings (SSSR count). The lowest BCUT2D eigenvalue weighted by Crippen LogP contribution is -2.45. The molecule has 2 aromatic carbocycles. The van der Waals surface area contributed by atoms with Gasteiger partial charge in [-0.3, -0.25) is 14.9 Å². The summed E-state index contributed by atoms with van der Waals surface area (Å²) in [5.41, 5.74) is 0.298. The number of carbonyl (C=O) groups excluding carboxylic acids is 2. The largest absolute Gasteiger partial charge is 0.346 e. The molecule has 0 aliphatic carbocycles. The molecule has 0 fully saturated rings. The summed E-state index contributed by atoms with van der Waals surface area (Å²) >= 11 is 6.12. The first-order valence-corrected chi connectivity index (χ1v) is 8.80. The summed E-state index contributed by atoms with van der Waals surface area (Å²) in [5.74, 6) is -5.82. The maximum Gasteiger partial charge on any atom is 0.243 e. The first-order chi connectivity index (χ1) is 13.2. The van der Waals surface area contributed by atoms with Gasteiger partial charge in [0.2, 0.25) is 11.8 Å². The molecule has 150 valence electrons. The molecule has 2 atom stereocenters. The number of nitrogens with one attached hydrogen (secondary N) is 3. The fraction of sp³-hybridized carbons (Fsp3) is 0.263. The first-order valence-electron chi connectivity index (χ1n) is 8.42. The Kier molecular flexibility index (Phi) is 7.42. The lowest BCUT2D eigenvalue weighted by molar-refractivity contribution is -0.125. The normalized spacial score (nSPS) is 12.9. The molecule has 3 N–H and O–H groups in total. The maximum atomic E-state index is 13.5. The Morgan fingerprint density at radius 2 is 1.71 bits per heavy atom. The highest BCUT2D eigenvalue weighted by Gasteiger charge is 2.19. The van der Waals surface area contributed by atoms with Gasteiger partial charge in [-0.25, -0.2) is 13.2 Å². The van der Waals surface area contributed by atoms with Crippen LogP contribution >= 0.6 is 11.6 Å². The quantitative estimate of drug-likeness (QED) is 0.608. The van der Waals surface area contributed by atoms with Crippen LogP contribution in [-0.4, -0.2) is 24.4 Å². The standard InChI is InChI=1S/C19H19ClF3N3O2/c1-10(12-5-3-4-6-13(12)20)25-11(2)19(28)24-9-16(27)26-15-8-7-14(21)17(22)18(15)23/h3-8,10-11,25H,9H2,1-2H3,(H,24,28)(H,26,27)/t10-,11+/m1/s1. The average Bonchev–Trinajstić information content (AvgIpc) is 2.66. The van der Waals surface area contributed by atoms with Gasteiger partial charge in [0.25, 0.3) is 0 Å². The summed E-state index contributed by atoms with van der Waals surface area (Å²) in [7, 11) is 0. The van der Waals surface area contributed by atoms with Crippen molar-refractivity contribution in [1.29, 1.82) is 0 Å². The molecule has 0 saturated carbocycles. The van der Waals surface area contributed by atoms with E-state index in [4.69, 9.17) is 11.6 Å². The molecule has 0 unspecified atom stereocenters. The van der Waals surface area contributed by atoms with Gasteiger partial charge in [0.1, 0.15) is 0 Å². The molecule has 0 radical (unpaired) electrons. The van der Waals surface area contributed by atoms with Crippen molar-refractivity contribution in [1.82, 2.24) is 10.6 Å². The van der Waals surface area contributed by atoms with E-state index < -0.39 is 47.5 Å². The number of hydrogen-bond donors (Lipinski definition) is 3. The van der Waals surface area contributed by atoms with Gasteiger partial charge in [0, 0.05) is 11.1 Å². The maximum absolute atomic E-state index is 13.5. The molecule has 2 aromatic rings. The van der Waals surface area contributed by atoms with Crippen molar-refractivity contribution in [3.8, 4) is 0 Å². The number of halogens is 4. The van der Waals surface area contributed by atoms with Crippen LogP contribution < -0.4 is 16.0 Å². The summed E-state index contributed by atoms with van der Waals surface area (Å²) in [5, 5.41) is 8.07. The minimum atomic E-state index is -1.69. The number of rotatable bonds is 7. The zero-order valence-electron chi connectivity index (χ0n) is 15.2. The fourth-order valence-electron chi connectivity index (χ4n) is 2.50. The molecule has 0 saturated heterocycles. The predicted octanol–water partition coefficient (Wildman–Crippen LogP) is 3.55. The Labute approximate surface area is 165 Å². The van der Waals surface area contributed by atoms with E-state index in [0.29, 0.717) is 11.1 Å². The zero-order valence-corrected chi connectivity index (χ0v) is 15.9. The van der Waals surface area contributed by atoms with Crippen molar-refractivity contribution >= 4 is 29.1 Å². The van der Waals surface area contributed by atoms with E-state index in [1.165, 1.54) is 0 Å². The monoisotopic (exact) mass is 413 g/mol. The molecule has 9 heteroatoms. The summed E-state index contributed by atoms with van der Waals surface area (Å²) < 4.78 is 39.6. The highest BCUT2D eigenvalue weighted by Crippen LogP contribution is 2.22. The third-order valence-electron chi connectivity index (χ3n) is 4.00. The van der Waals surface area contributed by atoms with Gasteiger partial charge in [-0.1, -0.05) is 29.8 Å². The van der Waals surface area contributed by atoms with Crippen molar-refractivity contribution in [3.63, 3.8) is 0 Å². The summed E-state index contributed by atoms with van der Waals surface area (Å²) in [6.45, 7) is 2.98. The van der Waals surface area contributed by atoms with E-state index in [2.05, 4.69) is 16.0 Å². The van der Waals surface area contributed by atoms with Gasteiger partial charge < -0.3 is 10.6 Å². The van der Waals surface area contributed by atoms with Crippen LogP contribution in [0.3, 0.4) is 0 Å². The van der Waals surface area contributed by atoms with E-state index in [0.717, 1.165) is 11.6 Å². The molecule has 0 heterocycles. The van der Waals surface area contributed by atoms with Crippen LogP contribution in [0.4, 0.5) is 18.9 Å². The van der Waals surface area contributed by atoms with Crippen molar-refractivity contribution in [3.05, 3.63) is 64.4 Å². The predicted molar refractivity (Wildman–Crippen MR) is 100 cm³/mol. The van der Waals surface area contributed by atoms with E-state index in [1.807, 2.05) is 19.1 Å². The Morgan fingerprint density at radius 1 is 1.04 bits per heavy atom. The number of anilines is 1. The Bertz CT molecular complexity index is 879. The lowest BCUT2D eigenvalue weighted by Gasteiger charge is -2.20. The lowest BCUT2D eigenvalue weighted by atomic mass is 10.1. The topological polar surface area (TPSA) is 70.2 Å². The second kappa shape index (κ2) is 9.57. The van der Waals surface area contributed by atoms with Crippen LogP contribution in [0.2, 0.25) is 5.02 Å².